The number of imidazole rings is 1. The van der Waals surface area contributed by atoms with Crippen LogP contribution in [0.1, 0.15) is 25.5 Å². The molecule has 2 heterocycles. The number of nitrogens with one attached hydrogen (secondary N) is 1. The molecule has 0 aliphatic carbocycles. The maximum atomic E-state index is 12.7. The average molecular weight is 338 g/mol. The predicted molar refractivity (Wildman–Crippen MR) is 97.2 cm³/mol. The maximum Gasteiger partial charge on any atom is 0.329 e. The Morgan fingerprint density at radius 3 is 2.36 bits per heavy atom. The van der Waals surface area contributed by atoms with Gasteiger partial charge in [-0.25, -0.2) is 4.79 Å². The Hall–Kier alpha value is -2.89. The Morgan fingerprint density at radius 1 is 1.04 bits per heavy atom. The molecule has 130 valence electrons. The van der Waals surface area contributed by atoms with E-state index >= 15 is 0 Å². The highest BCUT2D eigenvalue weighted by Crippen LogP contribution is 2.13. The zero-order chi connectivity index (χ0) is 17.6. The fourth-order valence-electron chi connectivity index (χ4n) is 2.92. The molecular weight excluding hydrogens is 316 g/mol. The van der Waals surface area contributed by atoms with Gasteiger partial charge in [-0.1, -0.05) is 25.1 Å². The number of rotatable bonds is 7. The number of pyridine rings is 1. The second-order valence-corrected chi connectivity index (χ2v) is 5.92. The lowest BCUT2D eigenvalue weighted by Gasteiger charge is -2.06. The van der Waals surface area contributed by atoms with Gasteiger partial charge < -0.3 is 5.32 Å². The van der Waals surface area contributed by atoms with Crippen LogP contribution >= 0.6 is 0 Å². The SMILES string of the molecule is CCCn1c(=O)n(CCC(=O)NCc2ccccn2)c2ccccc21. The van der Waals surface area contributed by atoms with Crippen LogP contribution in [0.2, 0.25) is 0 Å². The van der Waals surface area contributed by atoms with E-state index in [0.29, 0.717) is 19.6 Å². The zero-order valence-corrected chi connectivity index (χ0v) is 14.3. The van der Waals surface area contributed by atoms with E-state index in [1.54, 1.807) is 15.3 Å². The van der Waals surface area contributed by atoms with E-state index in [2.05, 4.69) is 10.3 Å². The highest BCUT2D eigenvalue weighted by molar-refractivity contribution is 5.78. The third kappa shape index (κ3) is 3.79. The molecule has 0 aliphatic rings. The smallest absolute Gasteiger partial charge is 0.329 e. The number of carbonyl (C=O) groups excluding carboxylic acids is 1. The van der Waals surface area contributed by atoms with Crippen LogP contribution < -0.4 is 11.0 Å². The molecule has 0 aliphatic heterocycles. The molecule has 0 bridgehead atoms. The number of aryl methyl sites for hydroxylation is 2. The van der Waals surface area contributed by atoms with Gasteiger partial charge in [0, 0.05) is 25.7 Å². The number of amides is 1. The third-order valence-corrected chi connectivity index (χ3v) is 4.13. The molecule has 0 unspecified atom stereocenters. The summed E-state index contributed by atoms with van der Waals surface area (Å²) in [5.41, 5.74) is 2.55. The minimum absolute atomic E-state index is 0.0550. The van der Waals surface area contributed by atoms with Crippen molar-refractivity contribution >= 4 is 16.9 Å². The number of fused-ring (bicyclic) bond motifs is 1. The van der Waals surface area contributed by atoms with Gasteiger partial charge in [-0.3, -0.25) is 18.9 Å². The van der Waals surface area contributed by atoms with E-state index in [0.717, 1.165) is 23.1 Å². The highest BCUT2D eigenvalue weighted by Gasteiger charge is 2.13. The first-order valence-corrected chi connectivity index (χ1v) is 8.55. The third-order valence-electron chi connectivity index (χ3n) is 4.13. The number of nitrogens with zero attached hydrogens (tertiary/aromatic N) is 3. The molecule has 1 N–H and O–H groups in total. The lowest BCUT2D eigenvalue weighted by molar-refractivity contribution is -0.121. The summed E-state index contributed by atoms with van der Waals surface area (Å²) in [4.78, 5) is 28.9. The van der Waals surface area contributed by atoms with Gasteiger partial charge in [0.25, 0.3) is 0 Å². The average Bonchev–Trinajstić information content (AvgIpc) is 2.91. The summed E-state index contributed by atoms with van der Waals surface area (Å²) in [5.74, 6) is -0.0927. The lowest BCUT2D eigenvalue weighted by atomic mass is 10.3. The summed E-state index contributed by atoms with van der Waals surface area (Å²) >= 11 is 0. The van der Waals surface area contributed by atoms with Gasteiger partial charge in [-0.15, -0.1) is 0 Å². The summed E-state index contributed by atoms with van der Waals surface area (Å²) in [5, 5.41) is 2.85. The Morgan fingerprint density at radius 2 is 1.72 bits per heavy atom. The van der Waals surface area contributed by atoms with Crippen molar-refractivity contribution < 1.29 is 4.79 Å². The zero-order valence-electron chi connectivity index (χ0n) is 14.3. The van der Waals surface area contributed by atoms with Crippen molar-refractivity contribution in [3.05, 3.63) is 64.8 Å². The second kappa shape index (κ2) is 7.79. The van der Waals surface area contributed by atoms with Gasteiger partial charge in [0.1, 0.15) is 0 Å². The topological polar surface area (TPSA) is 68.9 Å². The largest absolute Gasteiger partial charge is 0.350 e. The fraction of sp³-hybridized carbons (Fsp3) is 0.316. The maximum absolute atomic E-state index is 12.7. The number of benzene rings is 1. The van der Waals surface area contributed by atoms with Crippen LogP contribution in [0.3, 0.4) is 0 Å². The van der Waals surface area contributed by atoms with Crippen LogP contribution in [-0.4, -0.2) is 20.0 Å². The molecule has 0 saturated carbocycles. The molecule has 3 rings (SSSR count). The standard InChI is InChI=1S/C19H22N4O2/c1-2-12-22-16-8-3-4-9-17(16)23(19(22)25)13-10-18(24)21-14-15-7-5-6-11-20-15/h3-9,11H,2,10,12-14H2,1H3,(H,21,24). The molecule has 0 fully saturated rings. The van der Waals surface area contributed by atoms with Crippen molar-refractivity contribution in [1.82, 2.24) is 19.4 Å². The van der Waals surface area contributed by atoms with E-state index in [4.69, 9.17) is 0 Å². The molecule has 1 aromatic carbocycles. The monoisotopic (exact) mass is 338 g/mol. The Balaban J connectivity index is 1.69. The normalized spacial score (nSPS) is 10.9. The van der Waals surface area contributed by atoms with Crippen LogP contribution in [-0.2, 0) is 24.4 Å². The fourth-order valence-corrected chi connectivity index (χ4v) is 2.92. The van der Waals surface area contributed by atoms with Crippen molar-refractivity contribution in [2.75, 3.05) is 0 Å². The van der Waals surface area contributed by atoms with Crippen LogP contribution in [0.4, 0.5) is 0 Å². The second-order valence-electron chi connectivity index (χ2n) is 5.92. The van der Waals surface area contributed by atoms with Crippen molar-refractivity contribution in [3.63, 3.8) is 0 Å². The molecule has 6 nitrogen and oxygen atoms in total. The molecule has 0 radical (unpaired) electrons. The van der Waals surface area contributed by atoms with E-state index < -0.39 is 0 Å². The van der Waals surface area contributed by atoms with Crippen LogP contribution in [0.25, 0.3) is 11.0 Å². The first kappa shape index (κ1) is 17.0. The van der Waals surface area contributed by atoms with Gasteiger partial charge in [-0.2, -0.15) is 0 Å². The first-order valence-electron chi connectivity index (χ1n) is 8.55. The van der Waals surface area contributed by atoms with E-state index in [1.807, 2.05) is 49.4 Å². The number of hydrogen-bond donors (Lipinski definition) is 1. The number of para-hydroxylation sites is 2. The van der Waals surface area contributed by atoms with Gasteiger partial charge in [0.2, 0.25) is 5.91 Å². The first-order chi connectivity index (χ1) is 12.2. The van der Waals surface area contributed by atoms with Crippen molar-refractivity contribution in [2.45, 2.75) is 39.4 Å². The summed E-state index contributed by atoms with van der Waals surface area (Å²) < 4.78 is 3.46. The van der Waals surface area contributed by atoms with E-state index in [1.165, 1.54) is 0 Å². The van der Waals surface area contributed by atoms with Crippen molar-refractivity contribution in [3.8, 4) is 0 Å². The molecular formula is C19H22N4O2. The van der Waals surface area contributed by atoms with Crippen LogP contribution in [0.15, 0.2) is 53.5 Å². The molecule has 1 amide bonds. The number of aromatic nitrogens is 3. The van der Waals surface area contributed by atoms with E-state index in [9.17, 15) is 9.59 Å². The van der Waals surface area contributed by atoms with Gasteiger partial charge in [0.15, 0.2) is 0 Å². The Labute approximate surface area is 146 Å². The Bertz CT molecular complexity index is 912. The van der Waals surface area contributed by atoms with Crippen LogP contribution in [0, 0.1) is 0 Å². The van der Waals surface area contributed by atoms with Gasteiger partial charge >= 0.3 is 5.69 Å². The molecule has 0 spiro atoms. The summed E-state index contributed by atoms with van der Waals surface area (Å²) in [6.07, 6.45) is 2.84. The highest BCUT2D eigenvalue weighted by atomic mass is 16.2. The minimum Gasteiger partial charge on any atom is -0.350 e. The quantitative estimate of drug-likeness (QED) is 0.719. The number of hydrogen-bond acceptors (Lipinski definition) is 3. The Kier molecular flexibility index (Phi) is 5.28. The van der Waals surface area contributed by atoms with Gasteiger partial charge in [-0.05, 0) is 30.7 Å². The molecule has 0 saturated heterocycles. The minimum atomic E-state index is -0.0927. The van der Waals surface area contributed by atoms with Crippen molar-refractivity contribution in [2.24, 2.45) is 0 Å². The van der Waals surface area contributed by atoms with Crippen LogP contribution in [0.5, 0.6) is 0 Å². The summed E-state index contributed by atoms with van der Waals surface area (Å²) in [6.45, 7) is 3.48. The molecule has 0 atom stereocenters. The van der Waals surface area contributed by atoms with Crippen molar-refractivity contribution in [1.29, 1.82) is 0 Å². The predicted octanol–water partition coefficient (Wildman–Crippen LogP) is 2.31. The summed E-state index contributed by atoms with van der Waals surface area (Å²) in [7, 11) is 0. The molecule has 25 heavy (non-hydrogen) atoms. The molecule has 6 heteroatoms. The number of carbonyl (C=O) groups is 1. The molecule has 2 aromatic heterocycles. The summed E-state index contributed by atoms with van der Waals surface area (Å²) in [6, 6.07) is 13.3. The molecule has 3 aromatic rings. The van der Waals surface area contributed by atoms with Gasteiger partial charge in [0.05, 0.1) is 23.3 Å². The lowest BCUT2D eigenvalue weighted by Crippen LogP contribution is -2.28. The van der Waals surface area contributed by atoms with E-state index in [-0.39, 0.29) is 18.0 Å².